The number of nitrogens with zero attached hydrogens (tertiary/aromatic N) is 1. The molecule has 1 aromatic rings. The maximum atomic E-state index is 13.3. The molecule has 0 unspecified atom stereocenters. The summed E-state index contributed by atoms with van der Waals surface area (Å²) in [5, 5.41) is 0.482. The molecule has 0 radical (unpaired) electrons. The van der Waals surface area contributed by atoms with Crippen molar-refractivity contribution < 1.29 is 33.4 Å². The summed E-state index contributed by atoms with van der Waals surface area (Å²) in [7, 11) is 0. The van der Waals surface area contributed by atoms with Gasteiger partial charge in [0.15, 0.2) is 5.60 Å². The van der Waals surface area contributed by atoms with Gasteiger partial charge >= 0.3 is 11.9 Å². The second-order valence-corrected chi connectivity index (χ2v) is 7.80. The molecule has 4 rings (SSSR count). The van der Waals surface area contributed by atoms with Gasteiger partial charge in [-0.05, 0) is 24.3 Å². The first kappa shape index (κ1) is 19.9. The van der Waals surface area contributed by atoms with Crippen LogP contribution in [0, 0.1) is 11.8 Å². The number of carbonyl (C=O) groups is 4. The van der Waals surface area contributed by atoms with Crippen LogP contribution in [0.4, 0.5) is 5.69 Å². The van der Waals surface area contributed by atoms with Crippen molar-refractivity contribution >= 4 is 52.6 Å². The molecule has 3 aliphatic rings. The van der Waals surface area contributed by atoms with Crippen molar-refractivity contribution in [2.24, 2.45) is 11.8 Å². The lowest BCUT2D eigenvalue weighted by atomic mass is 9.76. The Kier molecular flexibility index (Phi) is 4.68. The molecule has 0 saturated carbocycles. The SMILES string of the molecule is CC(=O)OC(OC(C)=O)[C@]12C=C[C@@H](O1)[C@@H]1C(=O)N(c3ccc(Cl)cc3Cl)C(=O)[C@@H]12. The average molecular weight is 440 g/mol. The second kappa shape index (κ2) is 6.83. The van der Waals surface area contributed by atoms with Crippen molar-refractivity contribution in [3.8, 4) is 0 Å². The molecule has 8 nitrogen and oxygen atoms in total. The summed E-state index contributed by atoms with van der Waals surface area (Å²) in [6, 6.07) is 4.41. The molecule has 0 spiro atoms. The zero-order valence-corrected chi connectivity index (χ0v) is 16.8. The molecular formula is C19H15Cl2NO7. The number of imide groups is 1. The fourth-order valence-corrected chi connectivity index (χ4v) is 4.61. The van der Waals surface area contributed by atoms with E-state index in [4.69, 9.17) is 37.4 Å². The molecule has 152 valence electrons. The lowest BCUT2D eigenvalue weighted by Gasteiger charge is -2.34. The number of hydrogen-bond donors (Lipinski definition) is 0. The zero-order chi connectivity index (χ0) is 21.1. The molecule has 0 aliphatic carbocycles. The summed E-state index contributed by atoms with van der Waals surface area (Å²) in [6.45, 7) is 2.27. The highest BCUT2D eigenvalue weighted by Gasteiger charge is 2.72. The van der Waals surface area contributed by atoms with E-state index in [9.17, 15) is 19.2 Å². The summed E-state index contributed by atoms with van der Waals surface area (Å²) in [6.07, 6.45) is 0.847. The van der Waals surface area contributed by atoms with Crippen molar-refractivity contribution in [2.45, 2.75) is 31.8 Å². The zero-order valence-electron chi connectivity index (χ0n) is 15.3. The minimum Gasteiger partial charge on any atom is -0.422 e. The monoisotopic (exact) mass is 439 g/mol. The number of ether oxygens (including phenoxy) is 3. The molecule has 3 heterocycles. The Hall–Kier alpha value is -2.42. The molecule has 29 heavy (non-hydrogen) atoms. The van der Waals surface area contributed by atoms with Gasteiger partial charge in [-0.3, -0.25) is 19.2 Å². The fraction of sp³-hybridized carbons (Fsp3) is 0.368. The van der Waals surface area contributed by atoms with Gasteiger partial charge in [0.2, 0.25) is 11.8 Å². The normalized spacial score (nSPS) is 29.6. The van der Waals surface area contributed by atoms with Crippen molar-refractivity contribution in [1.29, 1.82) is 0 Å². The fourth-order valence-electron chi connectivity index (χ4n) is 4.12. The summed E-state index contributed by atoms with van der Waals surface area (Å²) in [4.78, 5) is 50.6. The summed E-state index contributed by atoms with van der Waals surface area (Å²) in [5.74, 6) is -4.49. The van der Waals surface area contributed by atoms with Crippen LogP contribution in [-0.2, 0) is 33.4 Å². The van der Waals surface area contributed by atoms with E-state index in [-0.39, 0.29) is 10.7 Å². The minimum atomic E-state index is -1.60. The number of rotatable bonds is 4. The van der Waals surface area contributed by atoms with Gasteiger partial charge in [0, 0.05) is 18.9 Å². The Morgan fingerprint density at radius 2 is 1.79 bits per heavy atom. The molecule has 2 amide bonds. The van der Waals surface area contributed by atoms with Gasteiger partial charge in [-0.2, -0.15) is 0 Å². The number of benzene rings is 1. The molecule has 3 aliphatic heterocycles. The van der Waals surface area contributed by atoms with E-state index in [1.807, 2.05) is 0 Å². The molecule has 2 fully saturated rings. The highest BCUT2D eigenvalue weighted by molar-refractivity contribution is 6.38. The van der Waals surface area contributed by atoms with E-state index >= 15 is 0 Å². The second-order valence-electron chi connectivity index (χ2n) is 6.96. The van der Waals surface area contributed by atoms with Gasteiger partial charge in [-0.1, -0.05) is 29.3 Å². The van der Waals surface area contributed by atoms with Crippen LogP contribution in [0.3, 0.4) is 0 Å². The molecule has 1 aromatic carbocycles. The summed E-state index contributed by atoms with van der Waals surface area (Å²) in [5.41, 5.74) is -1.42. The summed E-state index contributed by atoms with van der Waals surface area (Å²) < 4.78 is 16.2. The van der Waals surface area contributed by atoms with Gasteiger partial charge in [0.25, 0.3) is 6.29 Å². The van der Waals surface area contributed by atoms with Gasteiger partial charge in [0.05, 0.1) is 28.6 Å². The van der Waals surface area contributed by atoms with E-state index in [0.717, 1.165) is 18.7 Å². The first-order valence-electron chi connectivity index (χ1n) is 8.70. The van der Waals surface area contributed by atoms with Gasteiger partial charge in [-0.25, -0.2) is 4.90 Å². The molecule has 0 N–H and O–H groups in total. The van der Waals surface area contributed by atoms with Crippen molar-refractivity contribution in [3.63, 3.8) is 0 Å². The number of fused-ring (bicyclic) bond motifs is 5. The lowest BCUT2D eigenvalue weighted by molar-refractivity contribution is -0.226. The Balaban J connectivity index is 1.76. The van der Waals surface area contributed by atoms with E-state index in [1.165, 1.54) is 24.3 Å². The standard InChI is InChI=1S/C19H15Cl2NO7/c1-8(23)27-18(28-9(2)24)19-6-5-13(29-19)14-15(19)17(26)22(16(14)25)12-4-3-10(20)7-11(12)21/h3-7,13-15,18H,1-2H3/t13-,14+,15-,19-/m1/s1. The largest absolute Gasteiger partial charge is 0.422 e. The third-order valence-electron chi connectivity index (χ3n) is 5.14. The topological polar surface area (TPSA) is 99.2 Å². The van der Waals surface area contributed by atoms with Gasteiger partial charge < -0.3 is 14.2 Å². The predicted molar refractivity (Wildman–Crippen MR) is 100.0 cm³/mol. The van der Waals surface area contributed by atoms with Crippen molar-refractivity contribution in [2.75, 3.05) is 4.90 Å². The van der Waals surface area contributed by atoms with Crippen LogP contribution in [0.5, 0.6) is 0 Å². The number of esters is 2. The minimum absolute atomic E-state index is 0.131. The number of anilines is 1. The first-order chi connectivity index (χ1) is 13.7. The van der Waals surface area contributed by atoms with Crippen molar-refractivity contribution in [1.82, 2.24) is 0 Å². The molecule has 2 saturated heterocycles. The lowest BCUT2D eigenvalue weighted by Crippen LogP contribution is -2.52. The Morgan fingerprint density at radius 3 is 2.38 bits per heavy atom. The van der Waals surface area contributed by atoms with E-state index < -0.39 is 53.6 Å². The molecular weight excluding hydrogens is 425 g/mol. The van der Waals surface area contributed by atoms with E-state index in [1.54, 1.807) is 6.08 Å². The van der Waals surface area contributed by atoms with Crippen molar-refractivity contribution in [3.05, 3.63) is 40.4 Å². The molecule has 0 aromatic heterocycles. The van der Waals surface area contributed by atoms with E-state index in [0.29, 0.717) is 5.02 Å². The van der Waals surface area contributed by atoms with E-state index in [2.05, 4.69) is 0 Å². The number of hydrogen-bond acceptors (Lipinski definition) is 7. The third kappa shape index (κ3) is 2.94. The predicted octanol–water partition coefficient (Wildman–Crippen LogP) is 2.26. The maximum Gasteiger partial charge on any atom is 0.305 e. The van der Waals surface area contributed by atoms with Gasteiger partial charge in [0.1, 0.15) is 0 Å². The molecule has 10 heteroatoms. The van der Waals surface area contributed by atoms with Crippen LogP contribution in [0.2, 0.25) is 10.0 Å². The number of carbonyl (C=O) groups excluding carboxylic acids is 4. The highest BCUT2D eigenvalue weighted by atomic mass is 35.5. The number of halogens is 2. The molecule has 2 bridgehead atoms. The van der Waals surface area contributed by atoms with Crippen LogP contribution in [0.15, 0.2) is 30.4 Å². The highest BCUT2D eigenvalue weighted by Crippen LogP contribution is 2.55. The summed E-state index contributed by atoms with van der Waals surface area (Å²) >= 11 is 12.1. The Morgan fingerprint density at radius 1 is 1.14 bits per heavy atom. The van der Waals surface area contributed by atoms with Crippen LogP contribution in [-0.4, -0.2) is 41.7 Å². The van der Waals surface area contributed by atoms with Gasteiger partial charge in [-0.15, -0.1) is 0 Å². The quantitative estimate of drug-likeness (QED) is 0.307. The van der Waals surface area contributed by atoms with Crippen LogP contribution >= 0.6 is 23.2 Å². The molecule has 4 atom stereocenters. The maximum absolute atomic E-state index is 13.3. The Bertz CT molecular complexity index is 961. The average Bonchev–Trinajstić information content (AvgIpc) is 3.26. The van der Waals surface area contributed by atoms with Crippen LogP contribution in [0.25, 0.3) is 0 Å². The smallest absolute Gasteiger partial charge is 0.305 e. The first-order valence-corrected chi connectivity index (χ1v) is 9.46. The Labute approximate surface area is 175 Å². The third-order valence-corrected chi connectivity index (χ3v) is 5.68. The van der Waals surface area contributed by atoms with Crippen LogP contribution < -0.4 is 4.90 Å². The number of amides is 2. The van der Waals surface area contributed by atoms with Crippen LogP contribution in [0.1, 0.15) is 13.8 Å².